The highest BCUT2D eigenvalue weighted by Crippen LogP contribution is 2.30. The summed E-state index contributed by atoms with van der Waals surface area (Å²) in [6.45, 7) is 1.37. The van der Waals surface area contributed by atoms with Crippen LogP contribution in [-0.2, 0) is 4.79 Å². The van der Waals surface area contributed by atoms with E-state index in [1.807, 2.05) is 0 Å². The largest absolute Gasteiger partial charge is 0.477 e. The number of nitro groups is 1. The highest BCUT2D eigenvalue weighted by molar-refractivity contribution is 6.43. The Morgan fingerprint density at radius 3 is 2.74 bits per heavy atom. The van der Waals surface area contributed by atoms with E-state index in [0.717, 1.165) is 5.56 Å². The van der Waals surface area contributed by atoms with Gasteiger partial charge in [0.2, 0.25) is 0 Å². The van der Waals surface area contributed by atoms with Crippen molar-refractivity contribution < 1.29 is 14.5 Å². The molecule has 0 aromatic heterocycles. The Bertz CT molecular complexity index is 765. The summed E-state index contributed by atoms with van der Waals surface area (Å²) in [6.07, 6.45) is 0. The lowest BCUT2D eigenvalue weighted by atomic mass is 10.2. The molecule has 0 aliphatic heterocycles. The lowest BCUT2D eigenvalue weighted by Crippen LogP contribution is -2.20. The molecule has 8 heteroatoms. The van der Waals surface area contributed by atoms with Crippen LogP contribution in [0.3, 0.4) is 0 Å². The summed E-state index contributed by atoms with van der Waals surface area (Å²) in [4.78, 5) is 22.3. The number of hydrogen-bond donors (Lipinski definition) is 1. The second-order valence-electron chi connectivity index (χ2n) is 4.67. The molecule has 120 valence electrons. The number of carbonyl (C=O) groups excluding carboxylic acids is 1. The molecule has 0 heterocycles. The maximum absolute atomic E-state index is 11.9. The van der Waals surface area contributed by atoms with Crippen LogP contribution in [-0.4, -0.2) is 17.4 Å². The summed E-state index contributed by atoms with van der Waals surface area (Å²) in [5, 5.41) is 14.0. The standard InChI is InChI=1S/C15H12Cl2N2O4/c1-9-5-6-12(19(21)22)13(7-9)23-8-14(20)18-11-4-2-3-10(16)15(11)17/h2-7H,8H2,1H3,(H,18,20). The Morgan fingerprint density at radius 1 is 1.30 bits per heavy atom. The number of benzene rings is 2. The second kappa shape index (κ2) is 7.30. The third kappa shape index (κ3) is 4.34. The van der Waals surface area contributed by atoms with Crippen LogP contribution < -0.4 is 10.1 Å². The van der Waals surface area contributed by atoms with Crippen molar-refractivity contribution in [3.05, 3.63) is 62.1 Å². The maximum Gasteiger partial charge on any atom is 0.310 e. The minimum absolute atomic E-state index is 0.0299. The summed E-state index contributed by atoms with van der Waals surface area (Å²) < 4.78 is 5.25. The molecule has 0 saturated carbocycles. The van der Waals surface area contributed by atoms with Crippen LogP contribution in [0, 0.1) is 17.0 Å². The molecule has 0 fully saturated rings. The zero-order valence-corrected chi connectivity index (χ0v) is 13.5. The van der Waals surface area contributed by atoms with Crippen molar-refractivity contribution in [1.29, 1.82) is 0 Å². The van der Waals surface area contributed by atoms with E-state index < -0.39 is 17.4 Å². The predicted octanol–water partition coefficient (Wildman–Crippen LogP) is 4.23. The molecule has 0 atom stereocenters. The third-order valence-electron chi connectivity index (χ3n) is 2.90. The number of rotatable bonds is 5. The van der Waals surface area contributed by atoms with Gasteiger partial charge < -0.3 is 10.1 Å². The number of nitrogens with one attached hydrogen (secondary N) is 1. The number of nitrogens with zero attached hydrogens (tertiary/aromatic N) is 1. The Balaban J connectivity index is 2.06. The minimum atomic E-state index is -0.569. The summed E-state index contributed by atoms with van der Waals surface area (Å²) in [7, 11) is 0. The number of hydrogen-bond acceptors (Lipinski definition) is 4. The maximum atomic E-state index is 11.9. The fraction of sp³-hybridized carbons (Fsp3) is 0.133. The average Bonchev–Trinajstić information content (AvgIpc) is 2.49. The molecular weight excluding hydrogens is 343 g/mol. The minimum Gasteiger partial charge on any atom is -0.477 e. The van der Waals surface area contributed by atoms with Crippen LogP contribution in [0.2, 0.25) is 10.0 Å². The Labute approximate surface area is 142 Å². The first-order chi connectivity index (χ1) is 10.9. The van der Waals surface area contributed by atoms with Crippen LogP contribution in [0.5, 0.6) is 5.75 Å². The first-order valence-electron chi connectivity index (χ1n) is 6.50. The second-order valence-corrected chi connectivity index (χ2v) is 5.45. The number of carbonyl (C=O) groups is 1. The summed E-state index contributed by atoms with van der Waals surface area (Å²) in [6, 6.07) is 9.23. The van der Waals surface area contributed by atoms with Gasteiger partial charge in [0.05, 0.1) is 20.7 Å². The Kier molecular flexibility index (Phi) is 5.41. The zero-order chi connectivity index (χ0) is 17.0. The molecule has 0 radical (unpaired) electrons. The van der Waals surface area contributed by atoms with E-state index >= 15 is 0 Å². The van der Waals surface area contributed by atoms with E-state index in [9.17, 15) is 14.9 Å². The van der Waals surface area contributed by atoms with Crippen LogP contribution >= 0.6 is 23.2 Å². The van der Waals surface area contributed by atoms with Gasteiger partial charge in [-0.3, -0.25) is 14.9 Å². The lowest BCUT2D eigenvalue weighted by Gasteiger charge is -2.10. The van der Waals surface area contributed by atoms with Crippen molar-refractivity contribution in [1.82, 2.24) is 0 Å². The van der Waals surface area contributed by atoms with Gasteiger partial charge in [0.25, 0.3) is 5.91 Å². The number of aryl methyl sites for hydroxylation is 1. The summed E-state index contributed by atoms with van der Waals surface area (Å²) >= 11 is 11.8. The van der Waals surface area contributed by atoms with Crippen LogP contribution in [0.4, 0.5) is 11.4 Å². The number of nitro benzene ring substituents is 1. The molecule has 23 heavy (non-hydrogen) atoms. The Hall–Kier alpha value is -2.31. The topological polar surface area (TPSA) is 81.5 Å². The van der Waals surface area contributed by atoms with Gasteiger partial charge in [-0.2, -0.15) is 0 Å². The fourth-order valence-electron chi connectivity index (χ4n) is 1.82. The van der Waals surface area contributed by atoms with Crippen molar-refractivity contribution in [2.45, 2.75) is 6.92 Å². The van der Waals surface area contributed by atoms with Gasteiger partial charge >= 0.3 is 5.69 Å². The molecule has 2 rings (SSSR count). The molecule has 2 aromatic carbocycles. The first-order valence-corrected chi connectivity index (χ1v) is 7.26. The van der Waals surface area contributed by atoms with Gasteiger partial charge in [0.15, 0.2) is 12.4 Å². The van der Waals surface area contributed by atoms with Gasteiger partial charge in [-0.1, -0.05) is 35.3 Å². The van der Waals surface area contributed by atoms with Crippen molar-refractivity contribution in [2.75, 3.05) is 11.9 Å². The van der Waals surface area contributed by atoms with Crippen LogP contribution in [0.15, 0.2) is 36.4 Å². The number of ether oxygens (including phenoxy) is 1. The molecule has 0 aliphatic carbocycles. The lowest BCUT2D eigenvalue weighted by molar-refractivity contribution is -0.385. The van der Waals surface area contributed by atoms with E-state index in [4.69, 9.17) is 27.9 Å². The van der Waals surface area contributed by atoms with Gasteiger partial charge in [-0.05, 0) is 30.7 Å². The summed E-state index contributed by atoms with van der Waals surface area (Å²) in [5.74, 6) is -0.479. The van der Waals surface area contributed by atoms with E-state index in [-0.39, 0.29) is 16.5 Å². The smallest absolute Gasteiger partial charge is 0.310 e. The Morgan fingerprint density at radius 2 is 2.04 bits per heavy atom. The van der Waals surface area contributed by atoms with Gasteiger partial charge in [-0.25, -0.2) is 0 Å². The highest BCUT2D eigenvalue weighted by atomic mass is 35.5. The highest BCUT2D eigenvalue weighted by Gasteiger charge is 2.16. The van der Waals surface area contributed by atoms with Crippen LogP contribution in [0.1, 0.15) is 5.56 Å². The molecule has 0 unspecified atom stereocenters. The van der Waals surface area contributed by atoms with Crippen LogP contribution in [0.25, 0.3) is 0 Å². The van der Waals surface area contributed by atoms with E-state index in [2.05, 4.69) is 5.32 Å². The third-order valence-corrected chi connectivity index (χ3v) is 3.72. The van der Waals surface area contributed by atoms with Gasteiger partial charge in [0, 0.05) is 6.07 Å². The molecule has 2 aromatic rings. The molecule has 0 aliphatic rings. The molecular formula is C15H12Cl2N2O4. The number of anilines is 1. The predicted molar refractivity (Wildman–Crippen MR) is 88.4 cm³/mol. The zero-order valence-electron chi connectivity index (χ0n) is 12.0. The summed E-state index contributed by atoms with van der Waals surface area (Å²) in [5.41, 5.74) is 0.916. The van der Waals surface area contributed by atoms with E-state index in [1.54, 1.807) is 31.2 Å². The van der Waals surface area contributed by atoms with Crippen molar-refractivity contribution >= 4 is 40.5 Å². The van der Waals surface area contributed by atoms with Crippen molar-refractivity contribution in [3.8, 4) is 5.75 Å². The van der Waals surface area contributed by atoms with Crippen molar-refractivity contribution in [3.63, 3.8) is 0 Å². The quantitative estimate of drug-likeness (QED) is 0.643. The molecule has 1 amide bonds. The average molecular weight is 355 g/mol. The first kappa shape index (κ1) is 17.1. The van der Waals surface area contributed by atoms with Gasteiger partial charge in [0.1, 0.15) is 0 Å². The van der Waals surface area contributed by atoms with E-state index in [1.165, 1.54) is 12.1 Å². The number of amides is 1. The SMILES string of the molecule is Cc1ccc([N+](=O)[O-])c(OCC(=O)Nc2cccc(Cl)c2Cl)c1. The normalized spacial score (nSPS) is 10.2. The number of halogens is 2. The molecule has 0 spiro atoms. The molecule has 1 N–H and O–H groups in total. The van der Waals surface area contributed by atoms with Crippen molar-refractivity contribution in [2.24, 2.45) is 0 Å². The van der Waals surface area contributed by atoms with Gasteiger partial charge in [-0.15, -0.1) is 0 Å². The monoisotopic (exact) mass is 354 g/mol. The fourth-order valence-corrected chi connectivity index (χ4v) is 2.17. The molecule has 0 bridgehead atoms. The van der Waals surface area contributed by atoms with E-state index in [0.29, 0.717) is 10.7 Å². The molecule has 0 saturated heterocycles. The molecule has 6 nitrogen and oxygen atoms in total.